The Bertz CT molecular complexity index is 1060. The van der Waals surface area contributed by atoms with Crippen LogP contribution in [0.5, 0.6) is 0 Å². The van der Waals surface area contributed by atoms with Gasteiger partial charge in [0, 0.05) is 26.1 Å². The second-order valence-corrected chi connectivity index (χ2v) is 9.46. The van der Waals surface area contributed by atoms with Crippen LogP contribution in [0.2, 0.25) is 0 Å². The molecule has 10 nitrogen and oxygen atoms in total. The third-order valence-corrected chi connectivity index (χ3v) is 6.60. The molecule has 1 saturated heterocycles. The molecule has 2 heterocycles. The Morgan fingerprint density at radius 3 is 2.29 bits per heavy atom. The lowest BCUT2D eigenvalue weighted by Gasteiger charge is -2.26. The minimum atomic E-state index is -0.724. The smallest absolute Gasteiger partial charge is 0.330 e. The number of hydrogen-bond acceptors (Lipinski definition) is 6. The number of rotatable bonds is 10. The Hall–Kier alpha value is -3.17. The second kappa shape index (κ2) is 10.8. The maximum Gasteiger partial charge on any atom is 0.330 e. The molecule has 0 radical (unpaired) electrons. The molecule has 0 aromatic carbocycles. The van der Waals surface area contributed by atoms with Gasteiger partial charge in [0.1, 0.15) is 5.82 Å². The molecule has 1 aromatic rings. The Balaban J connectivity index is 1.85. The standard InChI is InChI=1S/C24H35N5O5/c1-4-5-12-28-20(25)19(21(31)26-24(28)34)27(13-10-15(2)3)18(30)11-14-29-22(32)16-8-6-7-9-17(16)23(29)33/h6-7,15-17H,4-5,8-14,25H2,1-3H3,(H,26,31,34)/t16-,17-/m1/s1. The molecule has 1 fully saturated rings. The number of aromatic amines is 1. The van der Waals surface area contributed by atoms with E-state index in [1.807, 2.05) is 32.9 Å². The summed E-state index contributed by atoms with van der Waals surface area (Å²) in [5.41, 5.74) is 4.84. The summed E-state index contributed by atoms with van der Waals surface area (Å²) in [6.07, 6.45) is 6.88. The van der Waals surface area contributed by atoms with Crippen LogP contribution in [-0.4, -0.2) is 45.3 Å². The molecule has 1 aliphatic heterocycles. The van der Waals surface area contributed by atoms with E-state index in [1.165, 1.54) is 14.4 Å². The van der Waals surface area contributed by atoms with Crippen molar-refractivity contribution in [2.45, 2.75) is 65.8 Å². The number of fused-ring (bicyclic) bond motifs is 1. The number of nitrogens with two attached hydrogens (primary N) is 1. The largest absolute Gasteiger partial charge is 0.383 e. The number of nitrogens with one attached hydrogen (secondary N) is 1. The molecular weight excluding hydrogens is 438 g/mol. The Labute approximate surface area is 198 Å². The highest BCUT2D eigenvalue weighted by Crippen LogP contribution is 2.35. The first-order chi connectivity index (χ1) is 16.2. The summed E-state index contributed by atoms with van der Waals surface area (Å²) in [4.78, 5) is 68.6. The van der Waals surface area contributed by atoms with Gasteiger partial charge in [0.2, 0.25) is 17.7 Å². The lowest BCUT2D eigenvalue weighted by molar-refractivity contribution is -0.140. The van der Waals surface area contributed by atoms with E-state index in [2.05, 4.69) is 4.98 Å². The zero-order valence-corrected chi connectivity index (χ0v) is 20.2. The van der Waals surface area contributed by atoms with Gasteiger partial charge in [-0.2, -0.15) is 0 Å². The lowest BCUT2D eigenvalue weighted by Crippen LogP contribution is -2.43. The number of hydrogen-bond donors (Lipinski definition) is 2. The van der Waals surface area contributed by atoms with E-state index in [-0.39, 0.29) is 60.6 Å². The maximum absolute atomic E-state index is 13.3. The third-order valence-electron chi connectivity index (χ3n) is 6.60. The Kier molecular flexibility index (Phi) is 8.11. The summed E-state index contributed by atoms with van der Waals surface area (Å²) in [6.45, 7) is 6.47. The van der Waals surface area contributed by atoms with Crippen molar-refractivity contribution in [1.82, 2.24) is 14.5 Å². The zero-order valence-electron chi connectivity index (χ0n) is 20.2. The minimum Gasteiger partial charge on any atom is -0.383 e. The van der Waals surface area contributed by atoms with Crippen molar-refractivity contribution in [3.05, 3.63) is 33.0 Å². The van der Waals surface area contributed by atoms with Gasteiger partial charge in [-0.3, -0.25) is 33.6 Å². The number of carbonyl (C=O) groups is 3. The maximum atomic E-state index is 13.3. The summed E-state index contributed by atoms with van der Waals surface area (Å²) < 4.78 is 1.28. The number of amides is 3. The highest BCUT2D eigenvalue weighted by molar-refractivity contribution is 6.06. The molecule has 2 aliphatic rings. The van der Waals surface area contributed by atoms with E-state index < -0.39 is 17.2 Å². The van der Waals surface area contributed by atoms with Crippen LogP contribution in [0.3, 0.4) is 0 Å². The molecule has 0 bridgehead atoms. The summed E-state index contributed by atoms with van der Waals surface area (Å²) >= 11 is 0. The summed E-state index contributed by atoms with van der Waals surface area (Å²) in [6, 6.07) is 0. The van der Waals surface area contributed by atoms with Gasteiger partial charge in [-0.05, 0) is 31.6 Å². The predicted molar refractivity (Wildman–Crippen MR) is 129 cm³/mol. The highest BCUT2D eigenvalue weighted by atomic mass is 16.2. The second-order valence-electron chi connectivity index (χ2n) is 9.46. The van der Waals surface area contributed by atoms with Crippen LogP contribution in [0.15, 0.2) is 21.7 Å². The fourth-order valence-electron chi connectivity index (χ4n) is 4.56. The van der Waals surface area contributed by atoms with E-state index in [0.29, 0.717) is 32.2 Å². The molecular formula is C24H35N5O5. The first-order valence-corrected chi connectivity index (χ1v) is 12.1. The van der Waals surface area contributed by atoms with Crippen LogP contribution in [0.1, 0.15) is 59.3 Å². The fourth-order valence-corrected chi connectivity index (χ4v) is 4.56. The monoisotopic (exact) mass is 473 g/mol. The van der Waals surface area contributed by atoms with Crippen LogP contribution in [-0.2, 0) is 20.9 Å². The van der Waals surface area contributed by atoms with Gasteiger partial charge in [0.05, 0.1) is 11.8 Å². The molecule has 186 valence electrons. The van der Waals surface area contributed by atoms with Gasteiger partial charge >= 0.3 is 5.69 Å². The van der Waals surface area contributed by atoms with Gasteiger partial charge in [-0.15, -0.1) is 0 Å². The lowest BCUT2D eigenvalue weighted by atomic mass is 9.85. The van der Waals surface area contributed by atoms with E-state index >= 15 is 0 Å². The van der Waals surface area contributed by atoms with Crippen molar-refractivity contribution in [3.8, 4) is 0 Å². The molecule has 2 atom stereocenters. The van der Waals surface area contributed by atoms with Gasteiger partial charge < -0.3 is 10.6 Å². The number of allylic oxidation sites excluding steroid dienone is 2. The quantitative estimate of drug-likeness (QED) is 0.391. The molecule has 3 amide bonds. The van der Waals surface area contributed by atoms with Crippen LogP contribution in [0, 0.1) is 17.8 Å². The molecule has 0 unspecified atom stereocenters. The fraction of sp³-hybridized carbons (Fsp3) is 0.625. The molecule has 3 rings (SSSR count). The first kappa shape index (κ1) is 25.5. The molecule has 3 N–H and O–H groups in total. The number of anilines is 2. The first-order valence-electron chi connectivity index (χ1n) is 12.1. The number of carbonyl (C=O) groups excluding carboxylic acids is 3. The van der Waals surface area contributed by atoms with Crippen LogP contribution in [0.25, 0.3) is 0 Å². The van der Waals surface area contributed by atoms with Crippen molar-refractivity contribution >= 4 is 29.2 Å². The zero-order chi connectivity index (χ0) is 25.0. The number of aromatic nitrogens is 2. The number of nitrogen functional groups attached to an aromatic ring is 1. The number of nitrogens with zero attached hydrogens (tertiary/aromatic N) is 3. The van der Waals surface area contributed by atoms with Crippen LogP contribution >= 0.6 is 0 Å². The van der Waals surface area contributed by atoms with E-state index in [4.69, 9.17) is 5.73 Å². The SMILES string of the molecule is CCCCn1c(N)c(N(CCC(C)C)C(=O)CCN2C(=O)[C@@H]3CC=CC[C@H]3C2=O)c(=O)[nH]c1=O. The van der Waals surface area contributed by atoms with E-state index in [9.17, 15) is 24.0 Å². The minimum absolute atomic E-state index is 0.0467. The average Bonchev–Trinajstić information content (AvgIpc) is 3.03. The van der Waals surface area contributed by atoms with Crippen molar-refractivity contribution in [2.24, 2.45) is 17.8 Å². The van der Waals surface area contributed by atoms with Gasteiger partial charge in [-0.25, -0.2) is 4.79 Å². The van der Waals surface area contributed by atoms with Gasteiger partial charge in [-0.1, -0.05) is 39.3 Å². The molecule has 0 saturated carbocycles. The Morgan fingerprint density at radius 2 is 1.74 bits per heavy atom. The van der Waals surface area contributed by atoms with Crippen molar-refractivity contribution in [2.75, 3.05) is 23.7 Å². The topological polar surface area (TPSA) is 139 Å². The molecule has 1 aromatic heterocycles. The summed E-state index contributed by atoms with van der Waals surface area (Å²) in [7, 11) is 0. The summed E-state index contributed by atoms with van der Waals surface area (Å²) in [5, 5.41) is 0. The molecule has 1 aliphatic carbocycles. The summed E-state index contributed by atoms with van der Waals surface area (Å²) in [5.74, 6) is -1.43. The Morgan fingerprint density at radius 1 is 1.12 bits per heavy atom. The van der Waals surface area contributed by atoms with Crippen molar-refractivity contribution < 1.29 is 14.4 Å². The molecule has 10 heteroatoms. The number of H-pyrrole nitrogens is 1. The predicted octanol–water partition coefficient (Wildman–Crippen LogP) is 1.64. The number of imide groups is 1. The molecule has 34 heavy (non-hydrogen) atoms. The van der Waals surface area contributed by atoms with Gasteiger partial charge in [0.25, 0.3) is 5.56 Å². The third kappa shape index (κ3) is 5.15. The number of unbranched alkanes of at least 4 members (excludes halogenated alkanes) is 1. The van der Waals surface area contributed by atoms with E-state index in [0.717, 1.165) is 6.42 Å². The highest BCUT2D eigenvalue weighted by Gasteiger charge is 2.47. The van der Waals surface area contributed by atoms with Crippen molar-refractivity contribution in [1.29, 1.82) is 0 Å². The average molecular weight is 474 g/mol. The molecule has 0 spiro atoms. The van der Waals surface area contributed by atoms with Crippen molar-refractivity contribution in [3.63, 3.8) is 0 Å². The van der Waals surface area contributed by atoms with Gasteiger partial charge in [0.15, 0.2) is 5.69 Å². The van der Waals surface area contributed by atoms with Crippen LogP contribution < -0.4 is 21.9 Å². The normalized spacial score (nSPS) is 19.7. The van der Waals surface area contributed by atoms with Crippen LogP contribution in [0.4, 0.5) is 11.5 Å². The van der Waals surface area contributed by atoms with E-state index in [1.54, 1.807) is 0 Å². The number of likely N-dealkylation sites (tertiary alicyclic amines) is 1.